The number of benzene rings is 8. The molecule has 0 amide bonds. The van der Waals surface area contributed by atoms with Crippen molar-refractivity contribution in [3.05, 3.63) is 182 Å². The maximum absolute atomic E-state index is 2.55. The number of hydrogen-bond donors (Lipinski definition) is 0. The van der Waals surface area contributed by atoms with Gasteiger partial charge in [0.25, 0.3) is 6.71 Å². The van der Waals surface area contributed by atoms with Crippen molar-refractivity contribution in [1.82, 2.24) is 4.40 Å². The summed E-state index contributed by atoms with van der Waals surface area (Å²) in [7, 11) is 0. The van der Waals surface area contributed by atoms with E-state index in [0.29, 0.717) is 0 Å². The van der Waals surface area contributed by atoms with Crippen LogP contribution in [-0.4, -0.2) is 11.1 Å². The molecule has 2 aliphatic heterocycles. The first-order valence-corrected chi connectivity index (χ1v) is 18.1. The number of rotatable bonds is 3. The Morgan fingerprint density at radius 2 is 0.981 bits per heavy atom. The number of anilines is 6. The molecule has 240 valence electrons. The van der Waals surface area contributed by atoms with Gasteiger partial charge >= 0.3 is 0 Å². The predicted octanol–water partition coefficient (Wildman–Crippen LogP) is 10.6. The minimum Gasteiger partial charge on any atom is -0.311 e. The molecular formula is C48H30BN3. The normalized spacial score (nSPS) is 13.3. The topological polar surface area (TPSA) is 10.9 Å². The highest BCUT2D eigenvalue weighted by Gasteiger charge is 2.43. The van der Waals surface area contributed by atoms with Gasteiger partial charge in [-0.25, -0.2) is 0 Å². The molecule has 4 heteroatoms. The smallest absolute Gasteiger partial charge is 0.252 e. The molecule has 0 spiro atoms. The molecule has 0 aliphatic carbocycles. The summed E-state index contributed by atoms with van der Waals surface area (Å²) in [6.45, 7) is 0.0544. The van der Waals surface area contributed by atoms with Crippen LogP contribution in [0.2, 0.25) is 0 Å². The molecule has 0 fully saturated rings. The average Bonchev–Trinajstić information content (AvgIpc) is 3.73. The summed E-state index contributed by atoms with van der Waals surface area (Å²) in [5.74, 6) is 0. The molecule has 2 aromatic heterocycles. The molecule has 12 rings (SSSR count). The summed E-state index contributed by atoms with van der Waals surface area (Å²) in [5, 5.41) is 5.20. The van der Waals surface area contributed by atoms with Crippen molar-refractivity contribution in [1.29, 1.82) is 0 Å². The van der Waals surface area contributed by atoms with Crippen molar-refractivity contribution in [2.75, 3.05) is 9.80 Å². The van der Waals surface area contributed by atoms with E-state index in [9.17, 15) is 0 Å². The molecule has 10 aromatic rings. The molecule has 0 unspecified atom stereocenters. The van der Waals surface area contributed by atoms with Gasteiger partial charge in [0.05, 0.1) is 22.2 Å². The van der Waals surface area contributed by atoms with Crippen molar-refractivity contribution in [2.45, 2.75) is 0 Å². The van der Waals surface area contributed by atoms with Crippen LogP contribution in [0, 0.1) is 0 Å². The third kappa shape index (κ3) is 3.60. The zero-order valence-electron chi connectivity index (χ0n) is 28.2. The highest BCUT2D eigenvalue weighted by atomic mass is 15.2. The fraction of sp³-hybridized carbons (Fsp3) is 0. The molecule has 0 saturated heterocycles. The number of hydrogen-bond acceptors (Lipinski definition) is 2. The van der Waals surface area contributed by atoms with Crippen LogP contribution in [-0.2, 0) is 0 Å². The first-order chi connectivity index (χ1) is 25.8. The minimum absolute atomic E-state index is 0.0544. The largest absolute Gasteiger partial charge is 0.311 e. The molecular weight excluding hydrogens is 629 g/mol. The van der Waals surface area contributed by atoms with Gasteiger partial charge in [0.2, 0.25) is 0 Å². The Bertz CT molecular complexity index is 3040. The molecule has 0 bridgehead atoms. The molecule has 0 atom stereocenters. The van der Waals surface area contributed by atoms with E-state index in [1.54, 1.807) is 0 Å². The standard InChI is InChI=1S/C48H30BN3/c1-3-15-31(16-4-1)33-19-7-10-24-40(33)51-44-28-14-27-43-47(44)49(38-23-9-12-26-42(38)50(43)32-17-5-2-6-18-32)39-29-37-36-22-13-21-35-34-20-8-11-25-41(34)52(48(35)36)45(37)30-46(39)51/h1-30H. The fourth-order valence-corrected chi connectivity index (χ4v) is 9.45. The summed E-state index contributed by atoms with van der Waals surface area (Å²) in [6, 6.07) is 67.1. The molecule has 4 heterocycles. The first-order valence-electron chi connectivity index (χ1n) is 18.1. The van der Waals surface area contributed by atoms with Gasteiger partial charge in [-0.3, -0.25) is 0 Å². The Kier molecular flexibility index (Phi) is 5.58. The number of nitrogens with zero attached hydrogens (tertiary/aromatic N) is 3. The molecule has 8 aromatic carbocycles. The van der Waals surface area contributed by atoms with Crippen LogP contribution in [0.5, 0.6) is 0 Å². The summed E-state index contributed by atoms with van der Waals surface area (Å²) in [4.78, 5) is 5.01. The van der Waals surface area contributed by atoms with E-state index in [1.807, 2.05) is 0 Å². The number of fused-ring (bicyclic) bond motifs is 10. The van der Waals surface area contributed by atoms with Gasteiger partial charge in [0, 0.05) is 55.5 Å². The van der Waals surface area contributed by atoms with E-state index in [-0.39, 0.29) is 6.71 Å². The Balaban J connectivity index is 1.24. The van der Waals surface area contributed by atoms with Crippen LogP contribution in [0.15, 0.2) is 182 Å². The zero-order chi connectivity index (χ0) is 33.9. The van der Waals surface area contributed by atoms with E-state index in [2.05, 4.69) is 196 Å². The van der Waals surface area contributed by atoms with Gasteiger partial charge < -0.3 is 14.2 Å². The predicted molar refractivity (Wildman–Crippen MR) is 221 cm³/mol. The Labute approximate surface area is 301 Å². The second kappa shape index (κ2) is 10.4. The Hall–Kier alpha value is -6.78. The van der Waals surface area contributed by atoms with Gasteiger partial charge in [-0.2, -0.15) is 0 Å². The first kappa shape index (κ1) is 28.0. The van der Waals surface area contributed by atoms with Gasteiger partial charge in [-0.15, -0.1) is 0 Å². The summed E-state index contributed by atoms with van der Waals surface area (Å²) in [5.41, 5.74) is 17.4. The molecule has 3 nitrogen and oxygen atoms in total. The zero-order valence-corrected chi connectivity index (χ0v) is 28.2. The maximum Gasteiger partial charge on any atom is 0.252 e. The summed E-state index contributed by atoms with van der Waals surface area (Å²) < 4.78 is 2.51. The molecule has 0 N–H and O–H groups in total. The SMILES string of the molecule is c1ccc(-c2ccccc2N2c3cc4c(cc3B3c5ccccc5N(c5ccccc5)c5cccc2c53)c2cccc3c5ccccc5n4c32)cc1. The lowest BCUT2D eigenvalue weighted by Crippen LogP contribution is -2.61. The van der Waals surface area contributed by atoms with Gasteiger partial charge in [-0.1, -0.05) is 133 Å². The second-order valence-corrected chi connectivity index (χ2v) is 14.1. The van der Waals surface area contributed by atoms with Crippen LogP contribution in [0.1, 0.15) is 0 Å². The third-order valence-electron chi connectivity index (χ3n) is 11.5. The van der Waals surface area contributed by atoms with Gasteiger partial charge in [-0.05, 0) is 70.5 Å². The van der Waals surface area contributed by atoms with Crippen molar-refractivity contribution in [3.8, 4) is 11.1 Å². The lowest BCUT2D eigenvalue weighted by molar-refractivity contribution is 1.25. The van der Waals surface area contributed by atoms with Crippen LogP contribution < -0.4 is 26.2 Å². The lowest BCUT2D eigenvalue weighted by Gasteiger charge is -2.44. The van der Waals surface area contributed by atoms with E-state index in [1.165, 1.54) is 94.0 Å². The van der Waals surface area contributed by atoms with Crippen LogP contribution in [0.3, 0.4) is 0 Å². The fourth-order valence-electron chi connectivity index (χ4n) is 9.45. The quantitative estimate of drug-likeness (QED) is 0.175. The van der Waals surface area contributed by atoms with E-state index in [4.69, 9.17) is 0 Å². The number of para-hydroxylation sites is 5. The highest BCUT2D eigenvalue weighted by molar-refractivity contribution is 7.00. The number of aromatic nitrogens is 1. The van der Waals surface area contributed by atoms with Crippen molar-refractivity contribution in [2.24, 2.45) is 0 Å². The van der Waals surface area contributed by atoms with E-state index >= 15 is 0 Å². The van der Waals surface area contributed by atoms with Gasteiger partial charge in [0.1, 0.15) is 0 Å². The second-order valence-electron chi connectivity index (χ2n) is 14.1. The summed E-state index contributed by atoms with van der Waals surface area (Å²) >= 11 is 0. The van der Waals surface area contributed by atoms with E-state index in [0.717, 1.165) is 5.69 Å². The van der Waals surface area contributed by atoms with Gasteiger partial charge in [0.15, 0.2) is 0 Å². The maximum atomic E-state index is 2.55. The Morgan fingerprint density at radius 3 is 1.83 bits per heavy atom. The van der Waals surface area contributed by atoms with Crippen LogP contribution in [0.25, 0.3) is 49.2 Å². The monoisotopic (exact) mass is 659 g/mol. The molecule has 2 aliphatic rings. The lowest BCUT2D eigenvalue weighted by atomic mass is 9.33. The summed E-state index contributed by atoms with van der Waals surface area (Å²) in [6.07, 6.45) is 0. The third-order valence-corrected chi connectivity index (χ3v) is 11.5. The molecule has 0 radical (unpaired) electrons. The Morgan fingerprint density at radius 1 is 0.365 bits per heavy atom. The minimum atomic E-state index is 0.0544. The van der Waals surface area contributed by atoms with Crippen molar-refractivity contribution in [3.63, 3.8) is 0 Å². The average molecular weight is 660 g/mol. The van der Waals surface area contributed by atoms with E-state index < -0.39 is 0 Å². The van der Waals surface area contributed by atoms with Crippen molar-refractivity contribution >= 4 is 95.3 Å². The van der Waals surface area contributed by atoms with Crippen LogP contribution >= 0.6 is 0 Å². The highest BCUT2D eigenvalue weighted by Crippen LogP contribution is 2.48. The van der Waals surface area contributed by atoms with Crippen LogP contribution in [0.4, 0.5) is 34.1 Å². The molecule has 0 saturated carbocycles. The molecule has 52 heavy (non-hydrogen) atoms. The van der Waals surface area contributed by atoms with Crippen molar-refractivity contribution < 1.29 is 0 Å².